The third-order valence-electron chi connectivity index (χ3n) is 23.2. The minimum Gasteiger partial charge on any atom is -0.309 e. The Morgan fingerprint density at radius 2 is 0.396 bits per heavy atom. The normalized spacial score (nSPS) is 11.8. The van der Waals surface area contributed by atoms with Gasteiger partial charge in [-0.1, -0.05) is 309 Å². The zero-order valence-electron chi connectivity index (χ0n) is 60.7. The maximum absolute atomic E-state index is 2.39. The highest BCUT2D eigenvalue weighted by atomic mass is 15.0. The van der Waals surface area contributed by atoms with Crippen molar-refractivity contribution in [1.29, 1.82) is 0 Å². The van der Waals surface area contributed by atoms with Gasteiger partial charge in [-0.2, -0.15) is 0 Å². The Morgan fingerprint density at radius 3 is 0.892 bits per heavy atom. The van der Waals surface area contributed by atoms with Crippen molar-refractivity contribution in [2.24, 2.45) is 0 Å². The number of hydrogen-bond donors (Lipinski definition) is 0. The molecule has 0 fully saturated rings. The van der Waals surface area contributed by atoms with Crippen LogP contribution < -0.4 is 0 Å². The molecule has 3 nitrogen and oxygen atoms in total. The van der Waals surface area contributed by atoms with E-state index in [4.69, 9.17) is 0 Å². The first-order valence-corrected chi connectivity index (χ1v) is 38.4. The molecule has 0 saturated heterocycles. The zero-order valence-corrected chi connectivity index (χ0v) is 60.7. The third-order valence-corrected chi connectivity index (χ3v) is 23.2. The molecular weight excluding hydrogens is 1340 g/mol. The zero-order chi connectivity index (χ0) is 73.0. The summed E-state index contributed by atoms with van der Waals surface area (Å²) >= 11 is 0. The van der Waals surface area contributed by atoms with Gasteiger partial charge in [-0.3, -0.25) is 0 Å². The first-order chi connectivity index (χ1) is 55.1. The number of para-hydroxylation sites is 6. The fourth-order valence-electron chi connectivity index (χ4n) is 18.1. The van der Waals surface area contributed by atoms with E-state index in [0.717, 1.165) is 0 Å². The van der Waals surface area contributed by atoms with E-state index in [-0.39, 0.29) is 0 Å². The van der Waals surface area contributed by atoms with Crippen LogP contribution in [0.1, 0.15) is 0 Å². The van der Waals surface area contributed by atoms with Gasteiger partial charge in [0, 0.05) is 49.4 Å². The Hall–Kier alpha value is -14.6. The first-order valence-electron chi connectivity index (χ1n) is 38.4. The van der Waals surface area contributed by atoms with E-state index in [2.05, 4.69) is 432 Å². The molecule has 3 heterocycles. The lowest BCUT2D eigenvalue weighted by Gasteiger charge is -2.12. The van der Waals surface area contributed by atoms with Crippen molar-refractivity contribution in [3.8, 4) is 50.4 Å². The number of nitrogens with zero attached hydrogens (tertiary/aromatic N) is 3. The van der Waals surface area contributed by atoms with Crippen LogP contribution in [0.5, 0.6) is 0 Å². The van der Waals surface area contributed by atoms with Gasteiger partial charge in [-0.15, -0.1) is 0 Å². The molecule has 0 spiro atoms. The summed E-state index contributed by atoms with van der Waals surface area (Å²) in [4.78, 5) is 0. The monoisotopic (exact) mass is 1410 g/mol. The van der Waals surface area contributed by atoms with Crippen LogP contribution in [0, 0.1) is 0 Å². The number of rotatable bonds is 6. The molecule has 0 aliphatic rings. The molecule has 0 unspecified atom stereocenters. The van der Waals surface area contributed by atoms with E-state index in [1.54, 1.807) is 0 Å². The third kappa shape index (κ3) is 10.6. The van der Waals surface area contributed by atoms with Crippen molar-refractivity contribution < 1.29 is 0 Å². The Kier molecular flexibility index (Phi) is 15.0. The molecule has 0 N–H and O–H groups in total. The molecule has 516 valence electrons. The fourth-order valence-corrected chi connectivity index (χ4v) is 18.1. The lowest BCUT2D eigenvalue weighted by atomic mass is 9.92. The molecule has 21 aromatic carbocycles. The molecule has 111 heavy (non-hydrogen) atoms. The lowest BCUT2D eigenvalue weighted by molar-refractivity contribution is 1.18. The summed E-state index contributed by atoms with van der Waals surface area (Å²) in [6, 6.07) is 152. The summed E-state index contributed by atoms with van der Waals surface area (Å²) in [5, 5.41) is 30.9. The summed E-state index contributed by atoms with van der Waals surface area (Å²) in [5.74, 6) is 0. The van der Waals surface area contributed by atoms with E-state index in [1.807, 2.05) is 0 Å². The molecule has 0 bridgehead atoms. The van der Waals surface area contributed by atoms with Crippen LogP contribution >= 0.6 is 0 Å². The van der Waals surface area contributed by atoms with E-state index in [0.29, 0.717) is 0 Å². The highest BCUT2D eigenvalue weighted by molar-refractivity contribution is 6.25. The topological polar surface area (TPSA) is 14.8 Å². The van der Waals surface area contributed by atoms with Crippen molar-refractivity contribution in [1.82, 2.24) is 13.7 Å². The van der Waals surface area contributed by atoms with Gasteiger partial charge in [0.05, 0.1) is 33.1 Å². The van der Waals surface area contributed by atoms with E-state index in [1.165, 1.54) is 213 Å². The van der Waals surface area contributed by atoms with Crippen LogP contribution in [0.15, 0.2) is 419 Å². The minimum absolute atomic E-state index is 1.19. The predicted molar refractivity (Wildman–Crippen MR) is 476 cm³/mol. The molecule has 3 heteroatoms. The average Bonchev–Trinajstić information content (AvgIpc) is 1.67. The second-order valence-electron chi connectivity index (χ2n) is 29.4. The molecule has 24 aromatic rings. The van der Waals surface area contributed by atoms with E-state index in [9.17, 15) is 0 Å². The Labute approximate surface area is 640 Å². The molecule has 0 aliphatic heterocycles. The van der Waals surface area contributed by atoms with Crippen molar-refractivity contribution in [3.05, 3.63) is 419 Å². The number of aromatic nitrogens is 3. The highest BCUT2D eigenvalue weighted by Crippen LogP contribution is 2.45. The summed E-state index contributed by atoms with van der Waals surface area (Å²) in [5.41, 5.74) is 18.5. The van der Waals surface area contributed by atoms with Crippen molar-refractivity contribution >= 4 is 162 Å². The first kappa shape index (κ1) is 63.6. The second kappa shape index (κ2) is 26.1. The summed E-state index contributed by atoms with van der Waals surface area (Å²) in [6.07, 6.45) is 0. The average molecular weight is 1410 g/mol. The van der Waals surface area contributed by atoms with Gasteiger partial charge in [-0.05, 0) is 240 Å². The van der Waals surface area contributed by atoms with Crippen LogP contribution in [0.4, 0.5) is 0 Å². The molecule has 3 aromatic heterocycles. The fraction of sp³-hybridized carbons (Fsp3) is 0. The van der Waals surface area contributed by atoms with Gasteiger partial charge < -0.3 is 13.7 Å². The number of hydrogen-bond acceptors (Lipinski definition) is 0. The highest BCUT2D eigenvalue weighted by Gasteiger charge is 2.20. The van der Waals surface area contributed by atoms with Crippen molar-refractivity contribution in [3.63, 3.8) is 0 Å². The standard InChI is InChI=1S/3C36H23N/c1-2-11-27(12-3-1)37-34-17-9-8-16-32(34)36-29-20-18-26(22-25(29)19-21-35(36)37)33-23-24-10-4-5-13-28(24)30-14-6-7-15-31(30)33;1-2-9-29(10-3-1)37-34-13-7-6-12-32(34)36-33-23-27(16-14-25(33)19-21-35(36)37)26-18-20-31-28(22-26)17-15-24-8-4-5-11-30(24)31;1-2-9-29(10-3-1)37-34-13-7-6-12-31(34)36-33-23-28(19-17-26(33)20-21-35(36)37)27-18-16-25-15-14-24-8-4-5-11-30(24)32(25)22-27/h3*1-23H. The number of benzene rings is 21. The Bertz CT molecular complexity index is 7880. The minimum atomic E-state index is 1.19. The molecular formula is C108H69N3. The van der Waals surface area contributed by atoms with Crippen LogP contribution in [0.3, 0.4) is 0 Å². The largest absolute Gasteiger partial charge is 0.309 e. The summed E-state index contributed by atoms with van der Waals surface area (Å²) < 4.78 is 7.16. The van der Waals surface area contributed by atoms with Crippen LogP contribution in [-0.2, 0) is 0 Å². The smallest absolute Gasteiger partial charge is 0.0547 e. The van der Waals surface area contributed by atoms with Crippen molar-refractivity contribution in [2.75, 3.05) is 0 Å². The quantitative estimate of drug-likeness (QED) is 0.147. The predicted octanol–water partition coefficient (Wildman–Crippen LogP) is 29.7. The molecule has 0 atom stereocenters. The second-order valence-corrected chi connectivity index (χ2v) is 29.4. The molecule has 0 amide bonds. The van der Waals surface area contributed by atoms with Gasteiger partial charge >= 0.3 is 0 Å². The Balaban J connectivity index is 0.000000102. The van der Waals surface area contributed by atoms with Gasteiger partial charge in [0.1, 0.15) is 0 Å². The SMILES string of the molecule is c1ccc(-n2c3ccccc3c3c4cc(-c5ccc6c(ccc7ccccc76)c5)ccc4ccc32)cc1.c1ccc(-n2c3ccccc3c3c4cc(-c5ccc6ccc7ccccc7c6c5)ccc4ccc32)cc1.c1ccc(-n2c3ccccc3c3c4ccc(-c5cc6ccccc6c6ccccc56)cc4ccc32)cc1. The van der Waals surface area contributed by atoms with Gasteiger partial charge in [0.15, 0.2) is 0 Å². The van der Waals surface area contributed by atoms with Crippen LogP contribution in [-0.4, -0.2) is 13.7 Å². The lowest BCUT2D eigenvalue weighted by Crippen LogP contribution is -1.92. The summed E-state index contributed by atoms with van der Waals surface area (Å²) in [6.45, 7) is 0. The van der Waals surface area contributed by atoms with Gasteiger partial charge in [0.2, 0.25) is 0 Å². The maximum atomic E-state index is 2.39. The molecule has 0 saturated carbocycles. The van der Waals surface area contributed by atoms with Crippen LogP contribution in [0.25, 0.3) is 213 Å². The molecule has 24 rings (SSSR count). The summed E-state index contributed by atoms with van der Waals surface area (Å²) in [7, 11) is 0. The maximum Gasteiger partial charge on any atom is 0.0547 e. The van der Waals surface area contributed by atoms with Crippen molar-refractivity contribution in [2.45, 2.75) is 0 Å². The Morgan fingerprint density at radius 1 is 0.126 bits per heavy atom. The molecule has 0 radical (unpaired) electrons. The van der Waals surface area contributed by atoms with E-state index < -0.39 is 0 Å². The van der Waals surface area contributed by atoms with E-state index >= 15 is 0 Å². The number of fused-ring (bicyclic) bond motifs is 24. The molecule has 0 aliphatic carbocycles. The van der Waals surface area contributed by atoms with Crippen LogP contribution in [0.2, 0.25) is 0 Å². The van der Waals surface area contributed by atoms with Gasteiger partial charge in [-0.25, -0.2) is 0 Å². The van der Waals surface area contributed by atoms with Gasteiger partial charge in [0.25, 0.3) is 0 Å².